The maximum absolute atomic E-state index is 11.9. The van der Waals surface area contributed by atoms with Gasteiger partial charge in [-0.25, -0.2) is 4.79 Å². The second-order valence-corrected chi connectivity index (χ2v) is 6.26. The lowest BCUT2D eigenvalue weighted by molar-refractivity contribution is 0.0603. The molecule has 2 rings (SSSR count). The normalized spacial score (nSPS) is 16.2. The van der Waals surface area contributed by atoms with Gasteiger partial charge < -0.3 is 21.5 Å². The van der Waals surface area contributed by atoms with Gasteiger partial charge in [0.25, 0.3) is 5.91 Å². The number of esters is 1. The van der Waals surface area contributed by atoms with Crippen molar-refractivity contribution in [1.29, 1.82) is 0 Å². The van der Waals surface area contributed by atoms with Crippen molar-refractivity contribution >= 4 is 33.9 Å². The van der Waals surface area contributed by atoms with Crippen molar-refractivity contribution in [2.45, 2.75) is 44.6 Å². The minimum atomic E-state index is -0.628. The number of thiophene rings is 1. The molecule has 1 fully saturated rings. The summed E-state index contributed by atoms with van der Waals surface area (Å²) in [6.07, 6.45) is 6.89. The van der Waals surface area contributed by atoms with Crippen LogP contribution in [0.3, 0.4) is 0 Å². The van der Waals surface area contributed by atoms with Gasteiger partial charge in [0, 0.05) is 6.04 Å². The van der Waals surface area contributed by atoms with Crippen LogP contribution in [0.4, 0.5) is 10.7 Å². The van der Waals surface area contributed by atoms with E-state index in [1.165, 1.54) is 20.0 Å². The fourth-order valence-corrected chi connectivity index (χ4v) is 3.68. The Morgan fingerprint density at radius 2 is 1.86 bits per heavy atom. The SMILES string of the molecule is COC(=O)c1c(NC2CCCCCC2)sc(C(N)=O)c1N. The Hall–Kier alpha value is -1.76. The van der Waals surface area contributed by atoms with Crippen molar-refractivity contribution < 1.29 is 14.3 Å². The van der Waals surface area contributed by atoms with Gasteiger partial charge >= 0.3 is 5.97 Å². The molecule has 1 saturated carbocycles. The molecule has 0 saturated heterocycles. The highest BCUT2D eigenvalue weighted by Gasteiger charge is 2.26. The third kappa shape index (κ3) is 3.47. The molecule has 0 radical (unpaired) electrons. The first-order chi connectivity index (χ1) is 10.0. The number of hydrogen-bond acceptors (Lipinski definition) is 6. The topological polar surface area (TPSA) is 107 Å². The van der Waals surface area contributed by atoms with E-state index in [2.05, 4.69) is 5.32 Å². The molecule has 0 unspecified atom stereocenters. The Morgan fingerprint density at radius 1 is 1.24 bits per heavy atom. The lowest BCUT2D eigenvalue weighted by atomic mass is 10.1. The van der Waals surface area contributed by atoms with Crippen LogP contribution in [0.25, 0.3) is 0 Å². The molecule has 0 spiro atoms. The van der Waals surface area contributed by atoms with Crippen LogP contribution in [0.15, 0.2) is 0 Å². The largest absolute Gasteiger partial charge is 0.465 e. The van der Waals surface area contributed by atoms with Crippen LogP contribution in [0.2, 0.25) is 0 Å². The Kier molecular flexibility index (Phi) is 5.06. The summed E-state index contributed by atoms with van der Waals surface area (Å²) in [6, 6.07) is 0.287. The summed E-state index contributed by atoms with van der Waals surface area (Å²) in [5.74, 6) is -1.18. The van der Waals surface area contributed by atoms with Crippen molar-refractivity contribution in [2.24, 2.45) is 5.73 Å². The second-order valence-electron chi connectivity index (χ2n) is 5.24. The third-order valence-corrected chi connectivity index (χ3v) is 4.90. The van der Waals surface area contributed by atoms with Gasteiger partial charge in [0.15, 0.2) is 0 Å². The van der Waals surface area contributed by atoms with Gasteiger partial charge in [-0.15, -0.1) is 11.3 Å². The predicted molar refractivity (Wildman–Crippen MR) is 83.7 cm³/mol. The van der Waals surface area contributed by atoms with Crippen LogP contribution in [0, 0.1) is 0 Å². The van der Waals surface area contributed by atoms with Crippen LogP contribution in [0.5, 0.6) is 0 Å². The minimum absolute atomic E-state index is 0.107. The molecule has 0 aliphatic heterocycles. The number of nitrogens with one attached hydrogen (secondary N) is 1. The van der Waals surface area contributed by atoms with Gasteiger partial charge in [0.2, 0.25) is 0 Å². The summed E-state index contributed by atoms with van der Waals surface area (Å²) in [5, 5.41) is 3.93. The van der Waals surface area contributed by atoms with Crippen LogP contribution < -0.4 is 16.8 Å². The molecule has 7 heteroatoms. The molecular formula is C14H21N3O3S. The van der Waals surface area contributed by atoms with E-state index in [1.54, 1.807) is 0 Å². The van der Waals surface area contributed by atoms with Crippen molar-refractivity contribution in [3.8, 4) is 0 Å². The standard InChI is InChI=1S/C14H21N3O3S/c1-20-14(19)9-10(15)11(12(16)18)21-13(9)17-8-6-4-2-3-5-7-8/h8,17H,2-7,15H2,1H3,(H2,16,18). The maximum Gasteiger partial charge on any atom is 0.343 e. The van der Waals surface area contributed by atoms with Gasteiger partial charge in [-0.1, -0.05) is 25.7 Å². The first-order valence-electron chi connectivity index (χ1n) is 7.11. The van der Waals surface area contributed by atoms with Gasteiger partial charge in [-0.3, -0.25) is 4.79 Å². The molecule has 0 atom stereocenters. The molecule has 0 bridgehead atoms. The van der Waals surface area contributed by atoms with Crippen LogP contribution in [0.1, 0.15) is 58.6 Å². The lowest BCUT2D eigenvalue weighted by Gasteiger charge is -2.17. The quantitative estimate of drug-likeness (QED) is 0.584. The molecule has 1 aliphatic rings. The van der Waals surface area contributed by atoms with E-state index in [-0.39, 0.29) is 22.2 Å². The number of carbonyl (C=O) groups is 2. The average Bonchev–Trinajstić information content (AvgIpc) is 2.64. The van der Waals surface area contributed by atoms with Crippen molar-refractivity contribution in [3.05, 3.63) is 10.4 Å². The monoisotopic (exact) mass is 311 g/mol. The van der Waals surface area contributed by atoms with Crippen LogP contribution >= 0.6 is 11.3 Å². The highest BCUT2D eigenvalue weighted by molar-refractivity contribution is 7.19. The molecule has 1 aliphatic carbocycles. The fraction of sp³-hybridized carbons (Fsp3) is 0.571. The minimum Gasteiger partial charge on any atom is -0.465 e. The van der Waals surface area contributed by atoms with Crippen molar-refractivity contribution in [2.75, 3.05) is 18.2 Å². The summed E-state index contributed by atoms with van der Waals surface area (Å²) in [5.41, 5.74) is 11.5. The zero-order valence-corrected chi connectivity index (χ0v) is 12.9. The summed E-state index contributed by atoms with van der Waals surface area (Å²) >= 11 is 1.13. The summed E-state index contributed by atoms with van der Waals surface area (Å²) in [7, 11) is 1.29. The molecular weight excluding hydrogens is 290 g/mol. The molecule has 116 valence electrons. The van der Waals surface area contributed by atoms with E-state index in [4.69, 9.17) is 16.2 Å². The molecule has 6 nitrogen and oxygen atoms in total. The first-order valence-corrected chi connectivity index (χ1v) is 7.93. The number of hydrogen-bond donors (Lipinski definition) is 3. The number of primary amides is 1. The number of nitrogens with two attached hydrogens (primary N) is 2. The van der Waals surface area contributed by atoms with E-state index < -0.39 is 11.9 Å². The number of rotatable bonds is 4. The Labute approximate surface area is 127 Å². The van der Waals surface area contributed by atoms with E-state index in [0.717, 1.165) is 37.0 Å². The summed E-state index contributed by atoms with van der Waals surface area (Å²) in [6.45, 7) is 0. The molecule has 1 heterocycles. The van der Waals surface area contributed by atoms with Crippen LogP contribution in [-0.2, 0) is 4.74 Å². The second kappa shape index (κ2) is 6.80. The van der Waals surface area contributed by atoms with Gasteiger partial charge in [0.05, 0.1) is 12.8 Å². The Bertz CT molecular complexity index is 534. The number of carbonyl (C=O) groups excluding carboxylic acids is 2. The maximum atomic E-state index is 11.9. The molecule has 1 aromatic rings. The summed E-state index contributed by atoms with van der Waals surface area (Å²) in [4.78, 5) is 23.5. The van der Waals surface area contributed by atoms with E-state index in [9.17, 15) is 9.59 Å². The van der Waals surface area contributed by atoms with E-state index >= 15 is 0 Å². The highest BCUT2D eigenvalue weighted by atomic mass is 32.1. The molecule has 1 amide bonds. The molecule has 0 aromatic carbocycles. The Balaban J connectivity index is 2.30. The number of anilines is 2. The first kappa shape index (κ1) is 15.6. The fourth-order valence-electron chi connectivity index (χ4n) is 2.64. The van der Waals surface area contributed by atoms with E-state index in [0.29, 0.717) is 5.00 Å². The number of nitrogen functional groups attached to an aromatic ring is 1. The molecule has 5 N–H and O–H groups in total. The lowest BCUT2D eigenvalue weighted by Crippen LogP contribution is -2.19. The smallest absolute Gasteiger partial charge is 0.343 e. The average molecular weight is 311 g/mol. The highest BCUT2D eigenvalue weighted by Crippen LogP contribution is 2.37. The van der Waals surface area contributed by atoms with Gasteiger partial charge in [0.1, 0.15) is 15.4 Å². The number of amides is 1. The Morgan fingerprint density at radius 3 is 2.38 bits per heavy atom. The predicted octanol–water partition coefficient (Wildman–Crippen LogP) is 2.35. The third-order valence-electron chi connectivity index (χ3n) is 3.75. The van der Waals surface area contributed by atoms with Gasteiger partial charge in [-0.2, -0.15) is 0 Å². The van der Waals surface area contributed by atoms with Crippen molar-refractivity contribution in [1.82, 2.24) is 0 Å². The van der Waals surface area contributed by atoms with Gasteiger partial charge in [-0.05, 0) is 12.8 Å². The van der Waals surface area contributed by atoms with Crippen molar-refractivity contribution in [3.63, 3.8) is 0 Å². The zero-order valence-electron chi connectivity index (χ0n) is 12.1. The van der Waals surface area contributed by atoms with Crippen LogP contribution in [-0.4, -0.2) is 25.0 Å². The zero-order chi connectivity index (χ0) is 15.4. The molecule has 21 heavy (non-hydrogen) atoms. The number of ether oxygens (including phenoxy) is 1. The molecule has 1 aromatic heterocycles. The number of methoxy groups -OCH3 is 1. The summed E-state index contributed by atoms with van der Waals surface area (Å²) < 4.78 is 4.76. The van der Waals surface area contributed by atoms with E-state index in [1.807, 2.05) is 0 Å².